The number of amidine groups is 1. The van der Waals surface area contributed by atoms with Crippen LogP contribution in [0.2, 0.25) is 0 Å². The third kappa shape index (κ3) is 45.4. The van der Waals surface area contributed by atoms with Crippen LogP contribution < -0.4 is 16.9 Å². The number of Topliss-reactive ketones (excluding diaryl/α,β-unsaturated/α-hetero) is 1. The number of sulfone groups is 3. The summed E-state index contributed by atoms with van der Waals surface area (Å²) in [6.07, 6.45) is 12.1. The van der Waals surface area contributed by atoms with Crippen molar-refractivity contribution in [1.29, 1.82) is 5.26 Å². The summed E-state index contributed by atoms with van der Waals surface area (Å²) in [4.78, 5) is 74.2. The molecule has 3 aromatic heterocycles. The van der Waals surface area contributed by atoms with E-state index in [0.717, 1.165) is 101 Å². The maximum Gasteiger partial charge on any atom is 0.643 e. The number of esters is 3. The molecule has 11 aromatic rings. The molecule has 0 radical (unpaired) electrons. The van der Waals surface area contributed by atoms with E-state index in [1.165, 1.54) is 43.0 Å². The number of hydrogen-bond acceptors (Lipinski definition) is 22. The number of nitrogen functional groups attached to an aromatic ring is 1. The number of carbonyl (C=O) groups excluding carboxylic acids is 4. The van der Waals surface area contributed by atoms with Crippen LogP contribution in [0.15, 0.2) is 246 Å². The number of benzene rings is 8. The van der Waals surface area contributed by atoms with Crippen LogP contribution in [0.3, 0.4) is 0 Å². The Balaban J connectivity index is 0.000000408. The first-order valence-corrected chi connectivity index (χ1v) is 56.0. The number of rotatable bonds is 27. The predicted molar refractivity (Wildman–Crippen MR) is 547 cm³/mol. The number of alkyl halides is 1. The molecule has 0 fully saturated rings. The van der Waals surface area contributed by atoms with Crippen LogP contribution in [0.5, 0.6) is 0 Å². The number of carboxylic acid groups (broad SMARTS) is 1. The van der Waals surface area contributed by atoms with Crippen molar-refractivity contribution < 1.29 is 78.6 Å². The van der Waals surface area contributed by atoms with Crippen molar-refractivity contribution in [3.05, 3.63) is 261 Å². The molecule has 133 heavy (non-hydrogen) atoms. The van der Waals surface area contributed by atoms with E-state index in [1.807, 2.05) is 156 Å². The first-order valence-electron chi connectivity index (χ1n) is 41.6. The Bertz CT molecular complexity index is 5950. The molecule has 0 aliphatic carbocycles. The van der Waals surface area contributed by atoms with Crippen LogP contribution >= 0.6 is 93.9 Å². The lowest BCUT2D eigenvalue weighted by atomic mass is 9.80. The molecule has 0 unspecified atom stereocenters. The number of nitriles is 1. The highest BCUT2D eigenvalue weighted by molar-refractivity contribution is 9.11. The highest BCUT2D eigenvalue weighted by Crippen LogP contribution is 2.29. The molecule has 0 atom stereocenters. The maximum absolute atomic E-state index is 12.1. The largest absolute Gasteiger partial charge is 0.643 e. The number of hydrogen-bond donors (Lipinski definition) is 5. The first-order chi connectivity index (χ1) is 62.3. The molecule has 0 aliphatic heterocycles. The first kappa shape index (κ1) is 118. The van der Waals surface area contributed by atoms with Gasteiger partial charge in [0.05, 0.1) is 57.4 Å². The summed E-state index contributed by atoms with van der Waals surface area (Å²) in [5.74, 6) is 2.12. The van der Waals surface area contributed by atoms with Gasteiger partial charge >= 0.3 is 42.4 Å². The summed E-state index contributed by atoms with van der Waals surface area (Å²) < 4.78 is 92.6. The summed E-state index contributed by atoms with van der Waals surface area (Å²) in [6, 6.07) is 59.8. The Hall–Kier alpha value is -9.14. The van der Waals surface area contributed by atoms with E-state index >= 15 is 0 Å². The van der Waals surface area contributed by atoms with Gasteiger partial charge in [-0.25, -0.2) is 94.5 Å². The summed E-state index contributed by atoms with van der Waals surface area (Å²) in [6.45, 7) is 27.0. The van der Waals surface area contributed by atoms with Gasteiger partial charge in [0.1, 0.15) is 17.5 Å². The second kappa shape index (κ2) is 59.7. The van der Waals surface area contributed by atoms with Crippen LogP contribution in [0.1, 0.15) is 152 Å². The fourth-order valence-electron chi connectivity index (χ4n) is 11.2. The lowest BCUT2D eigenvalue weighted by Gasteiger charge is -2.11. The third-order valence-corrected chi connectivity index (χ3v) is 22.6. The number of halogens is 7. The highest BCUT2D eigenvalue weighted by atomic mass is 79.9. The standard InChI is InChI=1S/C23H26N2O4S.C21H22N2O4S.C16H19BrN2O2.C11H15BrN2.C7H9BO4S.C6H6BrN.C5H7BrO3.C5H9N.Al.3ClH/c1-5-29-23(26)21-15-25(22(24-21)13-16(2)3)19-11-9-17(10-12-19)18-7-6-8-20(14-18)30(4,27)28;1-14(2)11-20-22-19(21(24)25)13-23(20)17-9-7-15(8-10-17)16-5-4-6-18(12-16)28(3,26)27;1-4-21-16(20)14-10-19(15(18-14)9-11(2)3)13-7-5-12(17)6-8-13;1-8(2)7-11(13)14-10-5-3-9(12)4-6-10;1-13(11,12)7-4-2-3-6(5-7)8(9)10;7-5-1-3-6(8)4-2-5;1-2-9-5(8)4(7)3-6;1-5(2)3-4-6;;;;/h6-12,14-16H,5,13H2,1-4H3;4-10,12-14H,11H2,1-3H3,(H,24,25);5-8,10-11H,4,9H2,1-3H3;3-6,8H,7H2,1-2H3,(H2,13,14);2-5,9-10H,1H3;1-4H,8H2;2-3H2,1H3;5H,3H2,1-2H3;;3*1H/q;;;;;;;;+3;;;/p-3. The van der Waals surface area contributed by atoms with Crippen molar-refractivity contribution in [2.45, 2.75) is 137 Å². The molecule has 3 heterocycles. The van der Waals surface area contributed by atoms with Gasteiger partial charge in [0.25, 0.3) is 0 Å². The average molecular weight is 2210 g/mol. The highest BCUT2D eigenvalue weighted by Gasteiger charge is 2.22. The van der Waals surface area contributed by atoms with Crippen LogP contribution in [0.25, 0.3) is 39.3 Å². The molecule has 39 heteroatoms. The molecule has 27 nitrogen and oxygen atoms in total. The topological polar surface area (TPSA) is 418 Å². The van der Waals surface area contributed by atoms with Gasteiger partial charge < -0.3 is 54.5 Å². The number of ketones is 1. The fourth-order valence-corrected chi connectivity index (χ4v) is 14.2. The summed E-state index contributed by atoms with van der Waals surface area (Å²) in [7, 11) is 3.37. The van der Waals surface area contributed by atoms with Gasteiger partial charge in [-0.1, -0.05) is 194 Å². The van der Waals surface area contributed by atoms with Crippen molar-refractivity contribution >= 4 is 194 Å². The van der Waals surface area contributed by atoms with Crippen LogP contribution in [0, 0.1) is 40.9 Å². The number of nitrogens with two attached hydrogens (primary N) is 2. The minimum Gasteiger partial charge on any atom is -0.476 e. The number of anilines is 1. The zero-order valence-electron chi connectivity index (χ0n) is 76.8. The van der Waals surface area contributed by atoms with Crippen molar-refractivity contribution in [3.8, 4) is 45.4 Å². The smallest absolute Gasteiger partial charge is 0.476 e. The molecule has 8 aromatic carbocycles. The van der Waals surface area contributed by atoms with E-state index in [1.54, 1.807) is 74.1 Å². The summed E-state index contributed by atoms with van der Waals surface area (Å²) in [5.41, 5.74) is 19.8. The zero-order valence-corrected chi connectivity index (χ0v) is 89.0. The molecular weight excluding hydrogens is 2100 g/mol. The van der Waals surface area contributed by atoms with E-state index < -0.39 is 71.7 Å². The number of aromatic nitrogens is 6. The van der Waals surface area contributed by atoms with Gasteiger partial charge in [0, 0.05) is 106 Å². The Labute approximate surface area is 831 Å². The lowest BCUT2D eigenvalue weighted by molar-refractivity contribution is -0.152. The van der Waals surface area contributed by atoms with Crippen LogP contribution in [0.4, 0.5) is 11.4 Å². The van der Waals surface area contributed by atoms with Gasteiger partial charge in [0.2, 0.25) is 5.78 Å². The predicted octanol–water partition coefficient (Wildman–Crippen LogP) is 20.2. The zero-order chi connectivity index (χ0) is 100. The quantitative estimate of drug-likeness (QED) is 0.00466. The number of carbonyl (C=O) groups is 5. The second-order valence-corrected chi connectivity index (χ2v) is 47.0. The van der Waals surface area contributed by atoms with Crippen molar-refractivity contribution in [2.24, 2.45) is 40.3 Å². The minimum atomic E-state index is -3.28. The molecule has 0 spiro atoms. The van der Waals surface area contributed by atoms with Gasteiger partial charge in [-0.15, -0.1) is 0 Å². The van der Waals surface area contributed by atoms with Crippen molar-refractivity contribution in [2.75, 3.05) is 49.7 Å². The van der Waals surface area contributed by atoms with Crippen LogP contribution in [-0.2, 0) is 72.6 Å². The molecule has 0 aliphatic rings. The van der Waals surface area contributed by atoms with Gasteiger partial charge in [-0.2, -0.15) is 5.26 Å². The van der Waals surface area contributed by atoms with Gasteiger partial charge in [-0.05, 0) is 212 Å². The minimum absolute atomic E-state index is 0.0144. The normalized spacial score (nSPS) is 10.9. The Morgan fingerprint density at radius 2 is 0.820 bits per heavy atom. The van der Waals surface area contributed by atoms with Crippen molar-refractivity contribution in [3.63, 3.8) is 0 Å². The Morgan fingerprint density at radius 3 is 1.12 bits per heavy atom. The third-order valence-electron chi connectivity index (χ3n) is 17.2. The molecule has 11 rings (SSSR count). The molecule has 0 saturated heterocycles. The molecular formula is C94H113AlBBr4Cl3N10O17S3. The second-order valence-electron chi connectivity index (χ2n) is 31.2. The number of aliphatic imine (C=N–C) groups is 1. The number of nitrogens with zero attached hydrogens (tertiary/aromatic N) is 8. The Morgan fingerprint density at radius 1 is 0.489 bits per heavy atom. The van der Waals surface area contributed by atoms with E-state index in [2.05, 4.69) is 150 Å². The van der Waals surface area contributed by atoms with E-state index in [9.17, 15) is 54.3 Å². The monoisotopic (exact) mass is 2210 g/mol. The molecule has 0 saturated carbocycles. The number of aromatic carboxylic acids is 1. The average Bonchev–Trinajstić information content (AvgIpc) is 1.71. The summed E-state index contributed by atoms with van der Waals surface area (Å²) in [5, 5.41) is 34.8. The van der Waals surface area contributed by atoms with E-state index in [0.29, 0.717) is 73.0 Å². The Kier molecular flexibility index (Phi) is 52.9. The molecule has 7 N–H and O–H groups in total. The van der Waals surface area contributed by atoms with Crippen LogP contribution in [-0.4, -0.2) is 167 Å². The lowest BCUT2D eigenvalue weighted by Crippen LogP contribution is -2.30. The van der Waals surface area contributed by atoms with Gasteiger partial charge in [-0.3, -0.25) is 4.79 Å². The van der Waals surface area contributed by atoms with Gasteiger partial charge in [0.15, 0.2) is 46.6 Å². The SMILES string of the molecule is CC(C)CC#N.CC(C)CC(N)=Nc1ccc(Br)cc1.CC(C)Cc1nc(C(=O)O)cn1-c1ccc(-c2cccc(S(C)(=O)=O)c2)cc1.CCOC(=O)C(=O)CBr.CCOC(=O)c1cn(-c2ccc(-c3cccc(S(C)(=O)=O)c3)cc2)c(CC(C)C)n1.CCOC(=O)c1cn(-c2ccc(Br)cc2)c(CC(C)C)n1.CS(=O)(=O)c1cccc(B(O)O)c1.Nc1ccc(Br)cc1.[Cl][Al]([Cl])[Cl]. The van der Waals surface area contributed by atoms with E-state index in [4.69, 9.17) is 66.4 Å². The number of ether oxygens (including phenoxy) is 3. The number of carboxylic acids is 1. The molecule has 714 valence electrons. The maximum atomic E-state index is 12.1. The van der Waals surface area contributed by atoms with E-state index in [-0.39, 0.29) is 49.4 Å². The van der Waals surface area contributed by atoms with Crippen molar-refractivity contribution in [1.82, 2.24) is 28.7 Å². The number of imidazole rings is 3. The molecule has 0 bridgehead atoms. The fraction of sp³-hybridized carbons (Fsp3) is 0.319. The summed E-state index contributed by atoms with van der Waals surface area (Å²) >= 11 is 11.2. The molecule has 0 amide bonds.